The van der Waals surface area contributed by atoms with Crippen molar-refractivity contribution in [3.63, 3.8) is 0 Å². The van der Waals surface area contributed by atoms with Crippen molar-refractivity contribution in [3.8, 4) is 33.5 Å². The Labute approximate surface area is 247 Å². The van der Waals surface area contributed by atoms with Gasteiger partial charge in [0.2, 0.25) is 5.69 Å². The molecule has 3 aromatic heterocycles. The van der Waals surface area contributed by atoms with Gasteiger partial charge in [-0.1, -0.05) is 74.0 Å². The van der Waals surface area contributed by atoms with Gasteiger partial charge in [0.15, 0.2) is 6.20 Å². The quantitative estimate of drug-likeness (QED) is 0.201. The first-order valence-electron chi connectivity index (χ1n) is 14.8. The minimum absolute atomic E-state index is 0.938. The van der Waals surface area contributed by atoms with Gasteiger partial charge in [0.25, 0.3) is 0 Å². The van der Waals surface area contributed by atoms with E-state index in [1.807, 2.05) is 0 Å². The molecule has 0 spiro atoms. The van der Waals surface area contributed by atoms with Crippen molar-refractivity contribution in [2.45, 2.75) is 40.5 Å². The summed E-state index contributed by atoms with van der Waals surface area (Å²) in [5.74, 6) is 0. The van der Waals surface area contributed by atoms with Crippen molar-refractivity contribution < 1.29 is 8.98 Å². The summed E-state index contributed by atoms with van der Waals surface area (Å²) in [4.78, 5) is 4.57. The topological polar surface area (TPSA) is 29.9 Å². The van der Waals surface area contributed by atoms with E-state index in [-0.39, 0.29) is 0 Å². The first kappa shape index (κ1) is 26.2. The van der Waals surface area contributed by atoms with Crippen molar-refractivity contribution in [2.75, 3.05) is 0 Å². The highest BCUT2D eigenvalue weighted by Crippen LogP contribution is 2.43. The summed E-state index contributed by atoms with van der Waals surface area (Å²) in [6, 6.07) is 32.9. The van der Waals surface area contributed by atoms with Crippen LogP contribution >= 0.6 is 0 Å². The van der Waals surface area contributed by atoms with Crippen LogP contribution in [0, 0.1) is 20.8 Å². The molecule has 0 amide bonds. The molecule has 0 aliphatic rings. The molecule has 0 saturated heterocycles. The molecule has 0 unspecified atom stereocenters. The number of hydrogen-bond acceptors (Lipinski definition) is 2. The second-order valence-electron chi connectivity index (χ2n) is 11.6. The van der Waals surface area contributed by atoms with Gasteiger partial charge in [0.05, 0.1) is 5.56 Å². The van der Waals surface area contributed by atoms with E-state index < -0.39 is 0 Å². The Morgan fingerprint density at radius 2 is 1.45 bits per heavy atom. The van der Waals surface area contributed by atoms with Crippen molar-refractivity contribution in [3.05, 3.63) is 120 Å². The molecule has 3 heteroatoms. The van der Waals surface area contributed by atoms with Crippen LogP contribution in [0.25, 0.3) is 66.2 Å². The summed E-state index contributed by atoms with van der Waals surface area (Å²) in [7, 11) is 2.14. The van der Waals surface area contributed by atoms with Gasteiger partial charge in [-0.2, -0.15) is 0 Å². The molecular formula is C39H35N2O+. The third-order valence-corrected chi connectivity index (χ3v) is 8.41. The molecule has 206 valence electrons. The van der Waals surface area contributed by atoms with Crippen molar-refractivity contribution >= 4 is 32.7 Å². The number of furan rings is 1. The van der Waals surface area contributed by atoms with Gasteiger partial charge in [-0.25, -0.2) is 4.57 Å². The Balaban J connectivity index is 1.50. The lowest BCUT2D eigenvalue weighted by Crippen LogP contribution is -2.30. The second kappa shape index (κ2) is 10.3. The predicted octanol–water partition coefficient (Wildman–Crippen LogP) is 9.84. The third-order valence-electron chi connectivity index (χ3n) is 8.41. The van der Waals surface area contributed by atoms with Gasteiger partial charge in [-0.15, -0.1) is 0 Å². The molecule has 0 atom stereocenters. The zero-order chi connectivity index (χ0) is 29.0. The molecule has 0 aliphatic carbocycles. The van der Waals surface area contributed by atoms with E-state index >= 15 is 0 Å². The maximum Gasteiger partial charge on any atom is 0.216 e. The number of rotatable bonds is 5. The maximum atomic E-state index is 7.02. The zero-order valence-corrected chi connectivity index (χ0v) is 25.0. The highest BCUT2D eigenvalue weighted by Gasteiger charge is 2.25. The molecule has 0 N–H and O–H groups in total. The number of aryl methyl sites for hydroxylation is 5. The molecule has 0 fully saturated rings. The average molecular weight is 548 g/mol. The minimum atomic E-state index is 0.938. The van der Waals surface area contributed by atoms with Gasteiger partial charge >= 0.3 is 0 Å². The minimum Gasteiger partial charge on any atom is -0.454 e. The van der Waals surface area contributed by atoms with Gasteiger partial charge in [0, 0.05) is 39.2 Å². The fraction of sp³-hybridized carbons (Fsp3) is 0.179. The zero-order valence-electron chi connectivity index (χ0n) is 25.0. The second-order valence-corrected chi connectivity index (χ2v) is 11.6. The number of para-hydroxylation sites is 1. The molecule has 3 nitrogen and oxygen atoms in total. The Hall–Kier alpha value is -4.76. The van der Waals surface area contributed by atoms with Gasteiger partial charge in [-0.3, -0.25) is 4.98 Å². The highest BCUT2D eigenvalue weighted by molar-refractivity contribution is 6.14. The fourth-order valence-corrected chi connectivity index (χ4v) is 6.62. The molecule has 4 aromatic carbocycles. The molecule has 7 aromatic rings. The molecule has 0 bridgehead atoms. The fourth-order valence-electron chi connectivity index (χ4n) is 6.62. The van der Waals surface area contributed by atoms with Gasteiger partial charge < -0.3 is 4.42 Å². The Morgan fingerprint density at radius 3 is 2.24 bits per heavy atom. The first-order valence-corrected chi connectivity index (χ1v) is 14.8. The lowest BCUT2D eigenvalue weighted by atomic mass is 9.92. The third kappa shape index (κ3) is 4.37. The summed E-state index contributed by atoms with van der Waals surface area (Å²) in [6.07, 6.45) is 4.30. The van der Waals surface area contributed by atoms with E-state index in [0.29, 0.717) is 0 Å². The number of benzene rings is 4. The van der Waals surface area contributed by atoms with Crippen LogP contribution in [0.1, 0.15) is 35.9 Å². The monoisotopic (exact) mass is 547 g/mol. The van der Waals surface area contributed by atoms with Crippen LogP contribution in [0.3, 0.4) is 0 Å². The summed E-state index contributed by atoms with van der Waals surface area (Å²) < 4.78 is 9.27. The summed E-state index contributed by atoms with van der Waals surface area (Å²) in [5.41, 5.74) is 13.6. The van der Waals surface area contributed by atoms with E-state index in [1.165, 1.54) is 49.7 Å². The molecule has 0 radical (unpaired) electrons. The SMILES string of the molecule is CCCc1cc(C)c2c(oc3c(-c4cccc(-c5cc(C)nc(C)c5)c4)cccc32)c1-c1cc2ccccc2c[n+]1C. The number of hydrogen-bond donors (Lipinski definition) is 0. The molecule has 0 aliphatic heterocycles. The van der Waals surface area contributed by atoms with E-state index in [0.717, 1.165) is 51.9 Å². The highest BCUT2D eigenvalue weighted by atomic mass is 16.3. The number of fused-ring (bicyclic) bond motifs is 4. The van der Waals surface area contributed by atoms with Gasteiger partial charge in [0.1, 0.15) is 18.2 Å². The van der Waals surface area contributed by atoms with E-state index in [9.17, 15) is 0 Å². The molecular weight excluding hydrogens is 512 g/mol. The van der Waals surface area contributed by atoms with E-state index in [1.54, 1.807) is 0 Å². The predicted molar refractivity (Wildman–Crippen MR) is 175 cm³/mol. The molecule has 42 heavy (non-hydrogen) atoms. The Kier molecular flexibility index (Phi) is 6.39. The van der Waals surface area contributed by atoms with Crippen molar-refractivity contribution in [1.29, 1.82) is 0 Å². The van der Waals surface area contributed by atoms with Crippen LogP contribution in [0.15, 0.2) is 102 Å². The Morgan fingerprint density at radius 1 is 0.714 bits per heavy atom. The first-order chi connectivity index (χ1) is 20.4. The number of aromatic nitrogens is 2. The van der Waals surface area contributed by atoms with Crippen LogP contribution in [-0.4, -0.2) is 4.98 Å². The van der Waals surface area contributed by atoms with E-state index in [2.05, 4.69) is 141 Å². The summed E-state index contributed by atoms with van der Waals surface area (Å²) >= 11 is 0. The van der Waals surface area contributed by atoms with Gasteiger partial charge in [-0.05, 0) is 84.7 Å². The van der Waals surface area contributed by atoms with Crippen LogP contribution < -0.4 is 4.57 Å². The van der Waals surface area contributed by atoms with Crippen LogP contribution in [0.2, 0.25) is 0 Å². The lowest BCUT2D eigenvalue weighted by molar-refractivity contribution is -0.659. The molecule has 7 rings (SSSR count). The van der Waals surface area contributed by atoms with E-state index in [4.69, 9.17) is 4.42 Å². The average Bonchev–Trinajstić information content (AvgIpc) is 3.37. The van der Waals surface area contributed by atoms with Crippen LogP contribution in [-0.2, 0) is 13.5 Å². The van der Waals surface area contributed by atoms with Crippen LogP contribution in [0.5, 0.6) is 0 Å². The lowest BCUT2D eigenvalue weighted by Gasteiger charge is -2.11. The molecule has 3 heterocycles. The standard InChI is InChI=1S/C39H35N2O/c1-6-11-30-18-24(2)36-34-17-10-16-33(29-15-9-14-27(21-29)32-19-25(3)40-26(4)20-32)38(34)42-39(36)37(30)35-22-28-12-7-8-13-31(28)23-41(35)5/h7-10,12-23H,6,11H2,1-5H3/q+1. The molecule has 0 saturated carbocycles. The normalized spacial score (nSPS) is 11.6. The number of pyridine rings is 2. The Bertz CT molecular complexity index is 2130. The maximum absolute atomic E-state index is 7.02. The largest absolute Gasteiger partial charge is 0.454 e. The summed E-state index contributed by atoms with van der Waals surface area (Å²) in [5, 5.41) is 4.83. The van der Waals surface area contributed by atoms with Crippen molar-refractivity contribution in [2.24, 2.45) is 7.05 Å². The van der Waals surface area contributed by atoms with Crippen molar-refractivity contribution in [1.82, 2.24) is 4.98 Å². The number of nitrogens with zero attached hydrogens (tertiary/aromatic N) is 2. The summed E-state index contributed by atoms with van der Waals surface area (Å²) in [6.45, 7) is 8.58. The van der Waals surface area contributed by atoms with Crippen LogP contribution in [0.4, 0.5) is 0 Å². The smallest absolute Gasteiger partial charge is 0.216 e.